The van der Waals surface area contributed by atoms with Crippen molar-refractivity contribution in [1.29, 1.82) is 0 Å². The van der Waals surface area contributed by atoms with Gasteiger partial charge in [-0.1, -0.05) is 44.7 Å². The van der Waals surface area contributed by atoms with Crippen LogP contribution in [-0.4, -0.2) is 20.9 Å². The van der Waals surface area contributed by atoms with Gasteiger partial charge in [-0.3, -0.25) is 23.5 Å². The third kappa shape index (κ3) is 5.71. The van der Waals surface area contributed by atoms with Crippen LogP contribution < -0.4 is 27.6 Å². The normalized spacial score (nSPS) is 16.4. The fourth-order valence-electron chi connectivity index (χ4n) is 5.31. The second-order valence-electron chi connectivity index (χ2n) is 10.0. The summed E-state index contributed by atoms with van der Waals surface area (Å²) in [6.45, 7) is 2.39. The van der Waals surface area contributed by atoms with Crippen LogP contribution in [0, 0.1) is 11.8 Å². The lowest BCUT2D eigenvalue weighted by Gasteiger charge is -2.18. The van der Waals surface area contributed by atoms with Crippen LogP contribution in [0.2, 0.25) is 0 Å². The third-order valence-electron chi connectivity index (χ3n) is 7.46. The van der Waals surface area contributed by atoms with Gasteiger partial charge in [-0.05, 0) is 56.2 Å². The molecule has 2 aromatic rings. The van der Waals surface area contributed by atoms with Crippen molar-refractivity contribution in [2.24, 2.45) is 11.8 Å². The largest absolute Gasteiger partial charge is 0.383 e. The summed E-state index contributed by atoms with van der Waals surface area (Å²) < 4.78 is 2.53. The van der Waals surface area contributed by atoms with Crippen LogP contribution in [0.4, 0.5) is 17.2 Å². The Morgan fingerprint density at radius 1 is 0.861 bits per heavy atom. The van der Waals surface area contributed by atoms with E-state index in [-0.39, 0.29) is 48.2 Å². The number of nitrogens with zero attached hydrogens (tertiary/aromatic N) is 2. The molecule has 2 aliphatic carbocycles. The number of benzene rings is 1. The van der Waals surface area contributed by atoms with Crippen molar-refractivity contribution in [2.75, 3.05) is 16.4 Å². The summed E-state index contributed by atoms with van der Waals surface area (Å²) in [4.78, 5) is 51.2. The van der Waals surface area contributed by atoms with Gasteiger partial charge in [0.1, 0.15) is 11.5 Å². The maximum Gasteiger partial charge on any atom is 0.332 e. The van der Waals surface area contributed by atoms with E-state index in [1.165, 1.54) is 4.57 Å². The molecule has 2 saturated carbocycles. The molecule has 9 nitrogen and oxygen atoms in total. The van der Waals surface area contributed by atoms with E-state index in [2.05, 4.69) is 10.6 Å². The standard InChI is InChI=1S/C27H37N5O4/c1-2-16-32-26(35)22(30-25(34)20-9-5-6-10-20)23(28)31(27(32)36)17-15-18-11-13-21(14-12-18)29-24(33)19-7-3-4-8-19/h11-14,19-20H,2-10,15-17,28H2,1H3,(H,29,33)(H,30,34). The Morgan fingerprint density at radius 2 is 1.42 bits per heavy atom. The van der Waals surface area contributed by atoms with Crippen molar-refractivity contribution in [3.8, 4) is 0 Å². The first kappa shape index (κ1) is 25.7. The van der Waals surface area contributed by atoms with Crippen molar-refractivity contribution in [3.63, 3.8) is 0 Å². The van der Waals surface area contributed by atoms with Gasteiger partial charge in [-0.2, -0.15) is 0 Å². The highest BCUT2D eigenvalue weighted by atomic mass is 16.2. The molecular formula is C27H37N5O4. The Morgan fingerprint density at radius 3 is 1.97 bits per heavy atom. The molecule has 1 aromatic carbocycles. The Balaban J connectivity index is 1.50. The van der Waals surface area contributed by atoms with Crippen molar-refractivity contribution < 1.29 is 9.59 Å². The summed E-state index contributed by atoms with van der Waals surface area (Å²) in [5.74, 6) is -0.174. The van der Waals surface area contributed by atoms with E-state index in [9.17, 15) is 19.2 Å². The summed E-state index contributed by atoms with van der Waals surface area (Å²) >= 11 is 0. The van der Waals surface area contributed by atoms with E-state index in [1.54, 1.807) is 0 Å². The average Bonchev–Trinajstić information content (AvgIpc) is 3.60. The molecule has 9 heteroatoms. The van der Waals surface area contributed by atoms with Crippen LogP contribution in [0.25, 0.3) is 0 Å². The third-order valence-corrected chi connectivity index (χ3v) is 7.46. The van der Waals surface area contributed by atoms with Gasteiger partial charge in [-0.25, -0.2) is 4.79 Å². The van der Waals surface area contributed by atoms with Gasteiger partial charge in [-0.15, -0.1) is 0 Å². The molecule has 0 saturated heterocycles. The molecule has 36 heavy (non-hydrogen) atoms. The number of nitrogens with two attached hydrogens (primary N) is 1. The SMILES string of the molecule is CCCn1c(=O)c(NC(=O)C2CCCC2)c(N)n(CCc2ccc(NC(=O)C3CCCC3)cc2)c1=O. The minimum Gasteiger partial charge on any atom is -0.383 e. The topological polar surface area (TPSA) is 128 Å². The zero-order chi connectivity index (χ0) is 25.7. The predicted octanol–water partition coefficient (Wildman–Crippen LogP) is 3.50. The number of carbonyl (C=O) groups is 2. The number of nitrogen functional groups attached to an aromatic ring is 1. The number of hydrogen-bond donors (Lipinski definition) is 3. The van der Waals surface area contributed by atoms with Gasteiger partial charge in [0.25, 0.3) is 5.56 Å². The van der Waals surface area contributed by atoms with Crippen LogP contribution in [0.15, 0.2) is 33.9 Å². The molecule has 0 bridgehead atoms. The molecule has 2 aliphatic rings. The summed E-state index contributed by atoms with van der Waals surface area (Å²) in [7, 11) is 0. The Kier molecular flexibility index (Phi) is 8.28. The van der Waals surface area contributed by atoms with Gasteiger partial charge < -0.3 is 16.4 Å². The monoisotopic (exact) mass is 495 g/mol. The number of aromatic nitrogens is 2. The number of aryl methyl sites for hydroxylation is 1. The molecule has 2 amide bonds. The first-order chi connectivity index (χ1) is 17.4. The van der Waals surface area contributed by atoms with Crippen molar-refractivity contribution >= 4 is 29.0 Å². The lowest BCUT2D eigenvalue weighted by molar-refractivity contribution is -0.120. The van der Waals surface area contributed by atoms with Crippen molar-refractivity contribution in [2.45, 2.75) is 84.2 Å². The van der Waals surface area contributed by atoms with Crippen LogP contribution in [0.5, 0.6) is 0 Å². The van der Waals surface area contributed by atoms with E-state index >= 15 is 0 Å². The first-order valence-electron chi connectivity index (χ1n) is 13.2. The van der Waals surface area contributed by atoms with Crippen LogP contribution in [0.1, 0.15) is 70.3 Å². The van der Waals surface area contributed by atoms with Gasteiger partial charge in [0.15, 0.2) is 0 Å². The van der Waals surface area contributed by atoms with E-state index < -0.39 is 11.2 Å². The molecule has 1 aromatic heterocycles. The maximum atomic E-state index is 13.1. The summed E-state index contributed by atoms with van der Waals surface area (Å²) in [6.07, 6.45) is 8.80. The number of rotatable bonds is 9. The lowest BCUT2D eigenvalue weighted by atomic mass is 10.1. The molecule has 194 valence electrons. The second kappa shape index (κ2) is 11.6. The number of hydrogen-bond acceptors (Lipinski definition) is 5. The van der Waals surface area contributed by atoms with Crippen LogP contribution in [0.3, 0.4) is 0 Å². The minimum absolute atomic E-state index is 0.00933. The number of amides is 2. The van der Waals surface area contributed by atoms with Gasteiger partial charge in [0, 0.05) is 30.6 Å². The maximum absolute atomic E-state index is 13.1. The highest BCUT2D eigenvalue weighted by molar-refractivity contribution is 5.94. The van der Waals surface area contributed by atoms with Gasteiger partial charge in [0.2, 0.25) is 11.8 Å². The van der Waals surface area contributed by atoms with Crippen molar-refractivity contribution in [3.05, 3.63) is 50.7 Å². The van der Waals surface area contributed by atoms with E-state index in [4.69, 9.17) is 5.73 Å². The molecule has 4 N–H and O–H groups in total. The highest BCUT2D eigenvalue weighted by Gasteiger charge is 2.26. The summed E-state index contributed by atoms with van der Waals surface area (Å²) in [6, 6.07) is 7.55. The molecule has 0 atom stereocenters. The zero-order valence-corrected chi connectivity index (χ0v) is 21.1. The fourth-order valence-corrected chi connectivity index (χ4v) is 5.31. The smallest absolute Gasteiger partial charge is 0.332 e. The van der Waals surface area contributed by atoms with E-state index in [1.807, 2.05) is 31.2 Å². The van der Waals surface area contributed by atoms with Crippen LogP contribution in [-0.2, 0) is 29.1 Å². The quantitative estimate of drug-likeness (QED) is 0.490. The molecule has 0 spiro atoms. The van der Waals surface area contributed by atoms with Gasteiger partial charge in [0.05, 0.1) is 0 Å². The Labute approximate surface area is 211 Å². The Bertz CT molecular complexity index is 1200. The molecule has 0 radical (unpaired) electrons. The number of anilines is 3. The molecule has 1 heterocycles. The van der Waals surface area contributed by atoms with Crippen LogP contribution >= 0.6 is 0 Å². The fraction of sp³-hybridized carbons (Fsp3) is 0.556. The lowest BCUT2D eigenvalue weighted by Crippen LogP contribution is -2.43. The van der Waals surface area contributed by atoms with E-state index in [0.29, 0.717) is 12.8 Å². The van der Waals surface area contributed by atoms with Gasteiger partial charge >= 0.3 is 5.69 Å². The highest BCUT2D eigenvalue weighted by Crippen LogP contribution is 2.27. The molecule has 0 unspecified atom stereocenters. The molecule has 4 rings (SSSR count). The number of carbonyl (C=O) groups excluding carboxylic acids is 2. The number of nitrogens with one attached hydrogen (secondary N) is 2. The molecule has 2 fully saturated rings. The molecular weight excluding hydrogens is 458 g/mol. The summed E-state index contributed by atoms with van der Waals surface area (Å²) in [5.41, 5.74) is 6.97. The molecule has 0 aliphatic heterocycles. The second-order valence-corrected chi connectivity index (χ2v) is 10.0. The summed E-state index contributed by atoms with van der Waals surface area (Å²) in [5, 5.41) is 5.72. The average molecular weight is 496 g/mol. The minimum atomic E-state index is -0.552. The Hall–Kier alpha value is -3.36. The van der Waals surface area contributed by atoms with E-state index in [0.717, 1.165) is 67.2 Å². The predicted molar refractivity (Wildman–Crippen MR) is 141 cm³/mol. The zero-order valence-electron chi connectivity index (χ0n) is 21.1. The first-order valence-corrected chi connectivity index (χ1v) is 13.2. The van der Waals surface area contributed by atoms with Crippen molar-refractivity contribution in [1.82, 2.24) is 9.13 Å².